The van der Waals surface area contributed by atoms with E-state index in [1.165, 1.54) is 0 Å². The zero-order valence-corrected chi connectivity index (χ0v) is 33.8. The maximum atomic E-state index is 14.7. The summed E-state index contributed by atoms with van der Waals surface area (Å²) in [5.74, 6) is -0.475. The molecule has 7 rings (SSSR count). The molecule has 3 saturated heterocycles. The number of hydrogen-bond acceptors (Lipinski definition) is 8. The average molecular weight is 790 g/mol. The molecule has 3 aliphatic rings. The van der Waals surface area contributed by atoms with E-state index in [1.807, 2.05) is 73.4 Å². The number of hydrogen-bond donors (Lipinski definition) is 2. The molecule has 0 aliphatic carbocycles. The predicted octanol–water partition coefficient (Wildman–Crippen LogP) is 3.33. The Labute approximate surface area is 340 Å². The van der Waals surface area contributed by atoms with Gasteiger partial charge in [-0.3, -0.25) is 14.4 Å². The van der Waals surface area contributed by atoms with Gasteiger partial charge >= 0.3 is 6.03 Å². The van der Waals surface area contributed by atoms with Crippen LogP contribution in [0.5, 0.6) is 5.75 Å². The molecular formula is C44H55N9O5. The summed E-state index contributed by atoms with van der Waals surface area (Å²) in [4.78, 5) is 66.8. The summed E-state index contributed by atoms with van der Waals surface area (Å²) in [6.45, 7) is 10.3. The van der Waals surface area contributed by atoms with E-state index in [0.29, 0.717) is 12.1 Å². The van der Waals surface area contributed by atoms with Gasteiger partial charge in [0.1, 0.15) is 18.0 Å². The van der Waals surface area contributed by atoms with Crippen LogP contribution in [0.1, 0.15) is 33.5 Å². The molecule has 14 nitrogen and oxygen atoms in total. The fourth-order valence-corrected chi connectivity index (χ4v) is 8.52. The molecule has 0 unspecified atom stereocenters. The first-order valence-corrected chi connectivity index (χ1v) is 20.1. The number of fused-ring (bicyclic) bond motifs is 2. The van der Waals surface area contributed by atoms with Crippen LogP contribution in [0.3, 0.4) is 0 Å². The lowest BCUT2D eigenvalue weighted by Gasteiger charge is -2.55. The van der Waals surface area contributed by atoms with E-state index in [1.54, 1.807) is 55.1 Å². The standard InChI is InChI=1S/C44H55N9O5/c1-5-19-51-31-40(55)52-38(26-32-15-17-35(54)18-16-32)43(57)50(30-39(52)53(51)44(58)45-27-33-11-7-6-8-12-33)28-34-13-9-14-36-37(29-48(4)41(34)36)42(56)47(3)20-10-21-49-24-22-46(2)23-25-49/h5-9,11-18,29,38-39,54H,1,10,19-28,30-31H2,2-4H3,(H,45,58)/t38-,39-/m0/s1. The summed E-state index contributed by atoms with van der Waals surface area (Å²) in [6.07, 6.45) is 3.77. The SMILES string of the molecule is C=CCN1CC(=O)N2[C@@H](Cc3ccc(O)cc3)C(=O)N(Cc3cccc4c(C(=O)N(C)CCCN5CCN(C)CC5)cn(C)c34)C[C@@H]2N1C(=O)NCc1ccccc1. The summed E-state index contributed by atoms with van der Waals surface area (Å²) >= 11 is 0. The Morgan fingerprint density at radius 2 is 1.69 bits per heavy atom. The fourth-order valence-electron chi connectivity index (χ4n) is 8.52. The van der Waals surface area contributed by atoms with Crippen LogP contribution < -0.4 is 5.32 Å². The molecule has 3 aliphatic heterocycles. The van der Waals surface area contributed by atoms with Crippen LogP contribution in [0, 0.1) is 0 Å². The predicted molar refractivity (Wildman–Crippen MR) is 222 cm³/mol. The van der Waals surface area contributed by atoms with Crippen LogP contribution in [0.25, 0.3) is 10.9 Å². The molecule has 3 aromatic carbocycles. The zero-order valence-electron chi connectivity index (χ0n) is 33.8. The number of carbonyl (C=O) groups is 4. The number of para-hydroxylation sites is 1. The van der Waals surface area contributed by atoms with E-state index >= 15 is 0 Å². The molecule has 0 saturated carbocycles. The molecule has 2 N–H and O–H groups in total. The monoisotopic (exact) mass is 789 g/mol. The number of carbonyl (C=O) groups excluding carboxylic acids is 4. The van der Waals surface area contributed by atoms with Crippen molar-refractivity contribution < 1.29 is 24.3 Å². The highest BCUT2D eigenvalue weighted by molar-refractivity contribution is 6.07. The highest BCUT2D eigenvalue weighted by Crippen LogP contribution is 2.32. The van der Waals surface area contributed by atoms with Gasteiger partial charge in [-0.05, 0) is 48.8 Å². The van der Waals surface area contributed by atoms with Crippen LogP contribution in [0.15, 0.2) is 91.6 Å². The number of piperazine rings is 2. The van der Waals surface area contributed by atoms with Crippen LogP contribution in [-0.4, -0.2) is 153 Å². The van der Waals surface area contributed by atoms with Crippen LogP contribution >= 0.6 is 0 Å². The molecule has 58 heavy (non-hydrogen) atoms. The minimum Gasteiger partial charge on any atom is -0.508 e. The van der Waals surface area contributed by atoms with Gasteiger partial charge in [0.2, 0.25) is 11.8 Å². The van der Waals surface area contributed by atoms with E-state index in [0.717, 1.165) is 66.7 Å². The van der Waals surface area contributed by atoms with Crippen molar-refractivity contribution in [2.45, 2.75) is 38.1 Å². The third-order valence-corrected chi connectivity index (χ3v) is 11.6. The molecule has 0 spiro atoms. The molecule has 4 aromatic rings. The number of aromatic hydroxyl groups is 1. The van der Waals surface area contributed by atoms with E-state index in [-0.39, 0.29) is 62.6 Å². The topological polar surface area (TPSA) is 128 Å². The maximum Gasteiger partial charge on any atom is 0.334 e. The van der Waals surface area contributed by atoms with E-state index in [9.17, 15) is 24.3 Å². The normalized spacial score (nSPS) is 19.4. The van der Waals surface area contributed by atoms with Gasteiger partial charge in [0.15, 0.2) is 0 Å². The lowest BCUT2D eigenvalue weighted by Crippen LogP contribution is -2.76. The minimum absolute atomic E-state index is 0.0556. The Morgan fingerprint density at radius 1 is 0.948 bits per heavy atom. The van der Waals surface area contributed by atoms with Gasteiger partial charge in [0, 0.05) is 84.5 Å². The van der Waals surface area contributed by atoms with E-state index in [2.05, 4.69) is 28.7 Å². The molecule has 3 fully saturated rings. The van der Waals surface area contributed by atoms with Gasteiger partial charge < -0.3 is 39.5 Å². The molecule has 0 radical (unpaired) electrons. The second kappa shape index (κ2) is 17.8. The van der Waals surface area contributed by atoms with Crippen LogP contribution in [0.4, 0.5) is 4.79 Å². The Balaban J connectivity index is 1.16. The third-order valence-electron chi connectivity index (χ3n) is 11.6. The van der Waals surface area contributed by atoms with Gasteiger partial charge in [0.25, 0.3) is 5.91 Å². The number of phenolic OH excluding ortho intramolecular Hbond substituents is 1. The lowest BCUT2D eigenvalue weighted by molar-refractivity contribution is -0.189. The zero-order chi connectivity index (χ0) is 40.9. The fraction of sp³-hybridized carbons (Fsp3) is 0.409. The van der Waals surface area contributed by atoms with Crippen LogP contribution in [-0.2, 0) is 36.1 Å². The molecule has 5 amide bonds. The largest absolute Gasteiger partial charge is 0.508 e. The Morgan fingerprint density at radius 3 is 2.41 bits per heavy atom. The van der Waals surface area contributed by atoms with Gasteiger partial charge in [-0.25, -0.2) is 14.8 Å². The lowest BCUT2D eigenvalue weighted by atomic mass is 9.98. The average Bonchev–Trinajstić information content (AvgIpc) is 3.56. The highest BCUT2D eigenvalue weighted by atomic mass is 16.3. The second-order valence-corrected chi connectivity index (χ2v) is 15.7. The van der Waals surface area contributed by atoms with Crippen molar-refractivity contribution in [2.24, 2.45) is 7.05 Å². The van der Waals surface area contributed by atoms with Crippen LogP contribution in [0.2, 0.25) is 0 Å². The number of phenols is 1. The number of nitrogens with zero attached hydrogens (tertiary/aromatic N) is 8. The molecule has 1 aromatic heterocycles. The number of amides is 5. The number of aromatic nitrogens is 1. The van der Waals surface area contributed by atoms with Crippen molar-refractivity contribution in [3.05, 3.63) is 114 Å². The molecule has 14 heteroatoms. The van der Waals surface area contributed by atoms with E-state index in [4.69, 9.17) is 0 Å². The summed E-state index contributed by atoms with van der Waals surface area (Å²) < 4.78 is 1.95. The summed E-state index contributed by atoms with van der Waals surface area (Å²) in [5.41, 5.74) is 3.96. The highest BCUT2D eigenvalue weighted by Gasteiger charge is 2.51. The smallest absolute Gasteiger partial charge is 0.334 e. The Bertz CT molecular complexity index is 2110. The minimum atomic E-state index is -0.921. The van der Waals surface area contributed by atoms with Crippen molar-refractivity contribution in [3.8, 4) is 5.75 Å². The molecule has 0 bridgehead atoms. The van der Waals surface area contributed by atoms with Crippen molar-refractivity contribution in [1.82, 2.24) is 44.4 Å². The number of urea groups is 1. The van der Waals surface area contributed by atoms with Crippen molar-refractivity contribution >= 4 is 34.7 Å². The quantitative estimate of drug-likeness (QED) is 0.198. The first kappa shape index (κ1) is 40.5. The molecular weight excluding hydrogens is 735 g/mol. The summed E-state index contributed by atoms with van der Waals surface area (Å²) in [7, 11) is 5.91. The third kappa shape index (κ3) is 8.74. The van der Waals surface area contributed by atoms with Gasteiger partial charge in [-0.1, -0.05) is 66.7 Å². The van der Waals surface area contributed by atoms with Crippen molar-refractivity contribution in [2.75, 3.05) is 73.0 Å². The van der Waals surface area contributed by atoms with Gasteiger partial charge in [0.05, 0.1) is 24.2 Å². The number of rotatable bonds is 13. The van der Waals surface area contributed by atoms with Gasteiger partial charge in [-0.2, -0.15) is 0 Å². The van der Waals surface area contributed by atoms with Crippen molar-refractivity contribution in [1.29, 1.82) is 0 Å². The summed E-state index contributed by atoms with van der Waals surface area (Å²) in [5, 5.41) is 17.1. The van der Waals surface area contributed by atoms with Crippen molar-refractivity contribution in [3.63, 3.8) is 0 Å². The Hall–Kier alpha value is -5.70. The van der Waals surface area contributed by atoms with E-state index < -0.39 is 18.2 Å². The number of nitrogens with one attached hydrogen (secondary N) is 1. The number of benzene rings is 3. The second-order valence-electron chi connectivity index (χ2n) is 15.7. The molecule has 4 heterocycles. The molecule has 306 valence electrons. The Kier molecular flexibility index (Phi) is 12.5. The first-order valence-electron chi connectivity index (χ1n) is 20.1. The summed E-state index contributed by atoms with van der Waals surface area (Å²) in [6, 6.07) is 20.7. The molecule has 2 atom stereocenters. The number of aryl methyl sites for hydroxylation is 1. The number of hydrazine groups is 1. The van der Waals surface area contributed by atoms with Gasteiger partial charge in [-0.15, -0.1) is 6.58 Å². The maximum absolute atomic E-state index is 14.7. The first-order chi connectivity index (χ1) is 28.0. The number of likely N-dealkylation sites (N-methyl/N-ethyl adjacent to an activating group) is 1.